The predicted octanol–water partition coefficient (Wildman–Crippen LogP) is 4.55. The zero-order chi connectivity index (χ0) is 26.7. The van der Waals surface area contributed by atoms with Crippen LogP contribution in [0.25, 0.3) is 5.57 Å². The van der Waals surface area contributed by atoms with E-state index >= 15 is 4.39 Å². The van der Waals surface area contributed by atoms with Gasteiger partial charge in [0.1, 0.15) is 12.5 Å². The number of piperazine rings is 1. The number of likely N-dealkylation sites (N-methyl/N-ethyl adjacent to an activating group) is 1. The molecule has 1 aromatic carbocycles. The smallest absolute Gasteiger partial charge is 0.248 e. The number of nitrogens with zero attached hydrogens (tertiary/aromatic N) is 3. The lowest BCUT2D eigenvalue weighted by molar-refractivity contribution is -0.181. The van der Waals surface area contributed by atoms with E-state index < -0.39 is 6.67 Å². The Bertz CT molecular complexity index is 1170. The van der Waals surface area contributed by atoms with Crippen molar-refractivity contribution in [2.45, 2.75) is 65.5 Å². The molecule has 7 nitrogen and oxygen atoms in total. The number of halogens is 2. The number of aromatic amines is 1. The van der Waals surface area contributed by atoms with Crippen molar-refractivity contribution in [2.24, 2.45) is 0 Å². The predicted molar refractivity (Wildman–Crippen MR) is 145 cm³/mol. The van der Waals surface area contributed by atoms with Crippen molar-refractivity contribution >= 4 is 16.9 Å². The summed E-state index contributed by atoms with van der Waals surface area (Å²) in [6.07, 6.45) is 4.34. The van der Waals surface area contributed by atoms with Crippen LogP contribution in [0.3, 0.4) is 0 Å². The number of anilines is 2. The number of hydrogen-bond donors (Lipinski definition) is 2. The summed E-state index contributed by atoms with van der Waals surface area (Å²) in [6, 6.07) is 5.41. The van der Waals surface area contributed by atoms with Crippen molar-refractivity contribution in [3.05, 3.63) is 63.3 Å². The van der Waals surface area contributed by atoms with Gasteiger partial charge in [0.05, 0.1) is 17.5 Å². The van der Waals surface area contributed by atoms with Crippen LogP contribution < -0.4 is 15.8 Å². The Kier molecular flexibility index (Phi) is 8.67. The Morgan fingerprint density at radius 1 is 1.16 bits per heavy atom. The van der Waals surface area contributed by atoms with Gasteiger partial charge in [-0.2, -0.15) is 5.06 Å². The summed E-state index contributed by atoms with van der Waals surface area (Å²) in [5, 5.41) is 5.33. The van der Waals surface area contributed by atoms with Gasteiger partial charge < -0.3 is 15.2 Å². The maximum absolute atomic E-state index is 15.6. The third-order valence-corrected chi connectivity index (χ3v) is 7.38. The molecular weight excluding hydrogens is 476 g/mol. The first-order chi connectivity index (χ1) is 17.7. The molecule has 2 aliphatic rings. The van der Waals surface area contributed by atoms with Crippen LogP contribution in [0.5, 0.6) is 0 Å². The average Bonchev–Trinajstić information content (AvgIpc) is 2.86. The van der Waals surface area contributed by atoms with Crippen molar-refractivity contribution in [2.75, 3.05) is 43.4 Å². The molecule has 1 saturated heterocycles. The van der Waals surface area contributed by atoms with E-state index in [4.69, 9.17) is 4.84 Å². The third-order valence-electron chi connectivity index (χ3n) is 7.38. The zero-order valence-corrected chi connectivity index (χ0v) is 22.5. The summed E-state index contributed by atoms with van der Waals surface area (Å²) in [7, 11) is 2.12. The van der Waals surface area contributed by atoms with E-state index in [0.29, 0.717) is 54.8 Å². The van der Waals surface area contributed by atoms with E-state index in [0.717, 1.165) is 30.0 Å². The number of rotatable bonds is 8. The van der Waals surface area contributed by atoms with Gasteiger partial charge in [-0.05, 0) is 70.0 Å². The highest BCUT2D eigenvalue weighted by atomic mass is 19.1. The molecule has 0 radical (unpaired) electrons. The summed E-state index contributed by atoms with van der Waals surface area (Å²) >= 11 is 0. The molecule has 3 heterocycles. The van der Waals surface area contributed by atoms with Gasteiger partial charge in [0.2, 0.25) is 5.56 Å². The maximum atomic E-state index is 15.6. The van der Waals surface area contributed by atoms with Crippen LogP contribution in [0.15, 0.2) is 35.3 Å². The number of benzene rings is 1. The lowest BCUT2D eigenvalue weighted by atomic mass is 9.97. The van der Waals surface area contributed by atoms with Crippen molar-refractivity contribution in [3.8, 4) is 0 Å². The van der Waals surface area contributed by atoms with Crippen LogP contribution in [-0.2, 0) is 18.1 Å². The summed E-state index contributed by atoms with van der Waals surface area (Å²) in [5.74, 6) is -0.252. The van der Waals surface area contributed by atoms with Gasteiger partial charge in [-0.1, -0.05) is 6.08 Å². The lowest BCUT2D eigenvalue weighted by Crippen LogP contribution is -2.55. The first-order valence-corrected chi connectivity index (χ1v) is 13.1. The van der Waals surface area contributed by atoms with Gasteiger partial charge in [-0.3, -0.25) is 14.5 Å². The Labute approximate surface area is 218 Å². The van der Waals surface area contributed by atoms with Gasteiger partial charge >= 0.3 is 0 Å². The SMILES string of the molecule is CC(C)ON1CC=C(c2cc(NCc3c[nH]c(=O)cc3CF)c(N3C[C@@H](C)N(C)[C@@H](C)C3)cc2F)CC1. The summed E-state index contributed by atoms with van der Waals surface area (Å²) < 4.78 is 29.2. The monoisotopic (exact) mass is 515 g/mol. The second-order valence-electron chi connectivity index (χ2n) is 10.5. The molecule has 0 bridgehead atoms. The molecule has 202 valence electrons. The highest BCUT2D eigenvalue weighted by Gasteiger charge is 2.29. The third kappa shape index (κ3) is 6.40. The number of H-pyrrole nitrogens is 1. The standard InChI is InChI=1S/C28H39F2N5O2/c1-18(2)37-35-8-6-21(7-9-35)24-11-26(31-14-23-15-32-28(36)10-22(23)13-29)27(12-25(24)30)34-16-19(3)33(5)20(4)17-34/h6,10-12,15,18-20,31H,7-9,13-14,16-17H2,1-5H3,(H,32,36)/t19-,20+. The molecule has 0 aliphatic carbocycles. The highest BCUT2D eigenvalue weighted by Crippen LogP contribution is 2.36. The molecule has 9 heteroatoms. The highest BCUT2D eigenvalue weighted by molar-refractivity contribution is 5.78. The number of pyridine rings is 1. The quantitative estimate of drug-likeness (QED) is 0.538. The van der Waals surface area contributed by atoms with Gasteiger partial charge in [0.15, 0.2) is 0 Å². The van der Waals surface area contributed by atoms with Crippen LogP contribution >= 0.6 is 0 Å². The minimum atomic E-state index is -0.724. The minimum Gasteiger partial charge on any atom is -0.379 e. The number of alkyl halides is 1. The van der Waals surface area contributed by atoms with Crippen molar-refractivity contribution in [3.63, 3.8) is 0 Å². The van der Waals surface area contributed by atoms with Crippen LogP contribution in [0.4, 0.5) is 20.2 Å². The fourth-order valence-corrected chi connectivity index (χ4v) is 5.13. The van der Waals surface area contributed by atoms with Crippen LogP contribution in [-0.4, -0.2) is 66.4 Å². The number of aromatic nitrogens is 1. The lowest BCUT2D eigenvalue weighted by Gasteiger charge is -2.44. The molecule has 2 atom stereocenters. The Hall–Kier alpha value is -2.75. The molecule has 0 spiro atoms. The largest absolute Gasteiger partial charge is 0.379 e. The van der Waals surface area contributed by atoms with E-state index in [2.05, 4.69) is 41.0 Å². The fraction of sp³-hybridized carbons (Fsp3) is 0.536. The fourth-order valence-electron chi connectivity index (χ4n) is 5.13. The second kappa shape index (κ2) is 11.8. The van der Waals surface area contributed by atoms with Crippen LogP contribution in [0.2, 0.25) is 0 Å². The molecule has 0 saturated carbocycles. The molecule has 2 N–H and O–H groups in total. The molecule has 2 aliphatic heterocycles. The van der Waals surface area contributed by atoms with E-state index in [9.17, 15) is 9.18 Å². The van der Waals surface area contributed by atoms with Gasteiger partial charge in [-0.25, -0.2) is 8.78 Å². The molecule has 1 aromatic heterocycles. The van der Waals surface area contributed by atoms with Crippen LogP contribution in [0.1, 0.15) is 50.8 Å². The first kappa shape index (κ1) is 27.3. The summed E-state index contributed by atoms with van der Waals surface area (Å²) in [4.78, 5) is 24.6. The van der Waals surface area contributed by atoms with E-state index in [1.807, 2.05) is 31.1 Å². The van der Waals surface area contributed by atoms with Gasteiger partial charge in [0.25, 0.3) is 0 Å². The average molecular weight is 516 g/mol. The molecule has 1 fully saturated rings. The number of nitrogens with one attached hydrogen (secondary N) is 2. The Balaban J connectivity index is 1.67. The van der Waals surface area contributed by atoms with E-state index in [1.165, 1.54) is 6.07 Å². The molecule has 0 amide bonds. The van der Waals surface area contributed by atoms with Gasteiger partial charge in [0, 0.05) is 62.6 Å². The van der Waals surface area contributed by atoms with Crippen LogP contribution in [0, 0.1) is 5.82 Å². The second-order valence-corrected chi connectivity index (χ2v) is 10.5. The molecule has 37 heavy (non-hydrogen) atoms. The number of hydrogen-bond acceptors (Lipinski definition) is 6. The number of hydroxylamine groups is 2. The minimum absolute atomic E-state index is 0.0947. The molecule has 2 aromatic rings. The Morgan fingerprint density at radius 2 is 1.89 bits per heavy atom. The zero-order valence-electron chi connectivity index (χ0n) is 22.5. The molecule has 4 rings (SSSR count). The van der Waals surface area contributed by atoms with E-state index in [1.54, 1.807) is 12.3 Å². The molecular formula is C28H39F2N5O2. The van der Waals surface area contributed by atoms with Crippen molar-refractivity contribution in [1.82, 2.24) is 14.9 Å². The normalized spacial score (nSPS) is 21.4. The Morgan fingerprint density at radius 3 is 2.51 bits per heavy atom. The molecule has 0 unspecified atom stereocenters. The summed E-state index contributed by atoms with van der Waals surface area (Å²) in [6.45, 7) is 10.7. The first-order valence-electron chi connectivity index (χ1n) is 13.1. The van der Waals surface area contributed by atoms with E-state index in [-0.39, 0.29) is 17.5 Å². The van der Waals surface area contributed by atoms with Crippen molar-refractivity contribution in [1.29, 1.82) is 0 Å². The topological polar surface area (TPSA) is 63.8 Å². The summed E-state index contributed by atoms with van der Waals surface area (Å²) in [5.41, 5.74) is 3.78. The van der Waals surface area contributed by atoms with Crippen molar-refractivity contribution < 1.29 is 13.6 Å². The van der Waals surface area contributed by atoms with Gasteiger partial charge in [-0.15, -0.1) is 0 Å². The maximum Gasteiger partial charge on any atom is 0.248 e.